The summed E-state index contributed by atoms with van der Waals surface area (Å²) in [5.41, 5.74) is 0.283. The highest BCUT2D eigenvalue weighted by molar-refractivity contribution is 7.98. The summed E-state index contributed by atoms with van der Waals surface area (Å²) in [6.07, 6.45) is 1.97. The van der Waals surface area contributed by atoms with Crippen molar-refractivity contribution in [2.24, 2.45) is 5.90 Å². The number of thioether (sulfide) groups is 1. The van der Waals surface area contributed by atoms with E-state index in [9.17, 15) is 8.78 Å². The van der Waals surface area contributed by atoms with E-state index in [4.69, 9.17) is 5.90 Å². The predicted molar refractivity (Wildman–Crippen MR) is 52.0 cm³/mol. The SMILES string of the molecule is CSc1ccc(CCON)c(F)c1F. The van der Waals surface area contributed by atoms with Crippen LogP contribution in [0.2, 0.25) is 0 Å². The second-order valence-corrected chi connectivity index (χ2v) is 3.52. The largest absolute Gasteiger partial charge is 0.304 e. The molecular weight excluding hydrogens is 208 g/mol. The summed E-state index contributed by atoms with van der Waals surface area (Å²) in [4.78, 5) is 4.61. The van der Waals surface area contributed by atoms with Gasteiger partial charge in [0, 0.05) is 11.3 Å². The van der Waals surface area contributed by atoms with Gasteiger partial charge in [-0.3, -0.25) is 0 Å². The lowest BCUT2D eigenvalue weighted by atomic mass is 10.1. The van der Waals surface area contributed by atoms with Crippen LogP contribution in [0.15, 0.2) is 17.0 Å². The number of benzene rings is 1. The highest BCUT2D eigenvalue weighted by Crippen LogP contribution is 2.23. The van der Waals surface area contributed by atoms with Crippen molar-refractivity contribution in [3.63, 3.8) is 0 Å². The number of nitrogens with two attached hydrogens (primary N) is 1. The topological polar surface area (TPSA) is 35.2 Å². The maximum atomic E-state index is 13.3. The first-order valence-corrected chi connectivity index (χ1v) is 5.25. The molecule has 2 nitrogen and oxygen atoms in total. The zero-order valence-corrected chi connectivity index (χ0v) is 8.54. The lowest BCUT2D eigenvalue weighted by molar-refractivity contribution is 0.140. The monoisotopic (exact) mass is 219 g/mol. The van der Waals surface area contributed by atoms with Gasteiger partial charge in [-0.05, 0) is 17.9 Å². The molecule has 78 valence electrons. The Bertz CT molecular complexity index is 320. The van der Waals surface area contributed by atoms with Gasteiger partial charge in [0.05, 0.1) is 6.61 Å². The molecule has 0 radical (unpaired) electrons. The molecule has 1 aromatic carbocycles. The molecule has 0 saturated heterocycles. The molecule has 0 bridgehead atoms. The summed E-state index contributed by atoms with van der Waals surface area (Å²) in [7, 11) is 0. The molecule has 1 rings (SSSR count). The Morgan fingerprint density at radius 1 is 1.36 bits per heavy atom. The van der Waals surface area contributed by atoms with Crippen LogP contribution in [-0.4, -0.2) is 12.9 Å². The minimum absolute atomic E-state index is 0.176. The molecular formula is C9H11F2NOS. The first-order chi connectivity index (χ1) is 6.70. The highest BCUT2D eigenvalue weighted by Gasteiger charge is 2.12. The van der Waals surface area contributed by atoms with E-state index in [0.29, 0.717) is 4.90 Å². The molecule has 0 heterocycles. The van der Waals surface area contributed by atoms with E-state index >= 15 is 0 Å². The Balaban J connectivity index is 2.92. The molecule has 0 amide bonds. The molecule has 0 fully saturated rings. The van der Waals surface area contributed by atoms with Crippen molar-refractivity contribution in [1.29, 1.82) is 0 Å². The van der Waals surface area contributed by atoms with Crippen LogP contribution in [0.4, 0.5) is 8.78 Å². The van der Waals surface area contributed by atoms with Gasteiger partial charge in [-0.25, -0.2) is 14.7 Å². The first kappa shape index (κ1) is 11.4. The zero-order chi connectivity index (χ0) is 10.6. The summed E-state index contributed by atoms with van der Waals surface area (Å²) in [5, 5.41) is 0. The Morgan fingerprint density at radius 2 is 2.07 bits per heavy atom. The maximum absolute atomic E-state index is 13.3. The molecule has 0 aliphatic rings. The van der Waals surface area contributed by atoms with Gasteiger partial charge in [0.1, 0.15) is 0 Å². The van der Waals surface area contributed by atoms with Crippen molar-refractivity contribution in [2.45, 2.75) is 11.3 Å². The molecule has 0 saturated carbocycles. The molecule has 0 aliphatic heterocycles. The third-order valence-electron chi connectivity index (χ3n) is 1.84. The minimum atomic E-state index is -0.811. The smallest absolute Gasteiger partial charge is 0.172 e. The van der Waals surface area contributed by atoms with Crippen LogP contribution in [0.3, 0.4) is 0 Å². The fourth-order valence-corrected chi connectivity index (χ4v) is 1.56. The standard InChI is InChI=1S/C9H11F2NOS/c1-14-7-3-2-6(4-5-13-12)8(10)9(7)11/h2-3H,4-5,12H2,1H3. The van der Waals surface area contributed by atoms with Crippen molar-refractivity contribution < 1.29 is 13.6 Å². The van der Waals surface area contributed by atoms with Crippen molar-refractivity contribution >= 4 is 11.8 Å². The molecule has 0 spiro atoms. The van der Waals surface area contributed by atoms with Gasteiger partial charge in [-0.15, -0.1) is 11.8 Å². The lowest BCUT2D eigenvalue weighted by Crippen LogP contribution is -2.06. The number of halogens is 2. The maximum Gasteiger partial charge on any atom is 0.172 e. The number of rotatable bonds is 4. The molecule has 2 N–H and O–H groups in total. The Morgan fingerprint density at radius 3 is 2.64 bits per heavy atom. The quantitative estimate of drug-likeness (QED) is 0.622. The summed E-state index contributed by atoms with van der Waals surface area (Å²) in [6.45, 7) is 0.176. The van der Waals surface area contributed by atoms with Crippen molar-refractivity contribution in [3.8, 4) is 0 Å². The lowest BCUT2D eigenvalue weighted by Gasteiger charge is -2.05. The average Bonchev–Trinajstić information content (AvgIpc) is 2.20. The fraction of sp³-hybridized carbons (Fsp3) is 0.333. The molecule has 14 heavy (non-hydrogen) atoms. The van der Waals surface area contributed by atoms with Crippen molar-refractivity contribution in [2.75, 3.05) is 12.9 Å². The van der Waals surface area contributed by atoms with E-state index in [1.165, 1.54) is 11.8 Å². The van der Waals surface area contributed by atoms with Crippen LogP contribution in [0.1, 0.15) is 5.56 Å². The Labute approximate surface area is 85.4 Å². The van der Waals surface area contributed by atoms with Crippen LogP contribution in [0, 0.1) is 11.6 Å². The molecule has 0 aliphatic carbocycles. The average molecular weight is 219 g/mol. The molecule has 0 unspecified atom stereocenters. The molecule has 0 atom stereocenters. The van der Waals surface area contributed by atoms with Crippen LogP contribution in [-0.2, 0) is 11.3 Å². The van der Waals surface area contributed by atoms with E-state index in [1.54, 1.807) is 18.4 Å². The van der Waals surface area contributed by atoms with E-state index in [1.807, 2.05) is 0 Å². The van der Waals surface area contributed by atoms with E-state index in [-0.39, 0.29) is 18.6 Å². The number of hydrogen-bond acceptors (Lipinski definition) is 3. The van der Waals surface area contributed by atoms with Gasteiger partial charge >= 0.3 is 0 Å². The van der Waals surface area contributed by atoms with Crippen LogP contribution in [0.5, 0.6) is 0 Å². The van der Waals surface area contributed by atoms with Gasteiger partial charge in [0.15, 0.2) is 11.6 Å². The third-order valence-corrected chi connectivity index (χ3v) is 2.59. The van der Waals surface area contributed by atoms with Gasteiger partial charge in [0.2, 0.25) is 0 Å². The fourth-order valence-electron chi connectivity index (χ4n) is 1.09. The second-order valence-electron chi connectivity index (χ2n) is 2.68. The number of hydrogen-bond donors (Lipinski definition) is 1. The van der Waals surface area contributed by atoms with E-state index in [2.05, 4.69) is 4.84 Å². The second kappa shape index (κ2) is 5.29. The van der Waals surface area contributed by atoms with Crippen LogP contribution >= 0.6 is 11.8 Å². The van der Waals surface area contributed by atoms with Crippen molar-refractivity contribution in [3.05, 3.63) is 29.3 Å². The first-order valence-electron chi connectivity index (χ1n) is 4.03. The van der Waals surface area contributed by atoms with Crippen molar-refractivity contribution in [1.82, 2.24) is 0 Å². The van der Waals surface area contributed by atoms with E-state index < -0.39 is 11.6 Å². The highest BCUT2D eigenvalue weighted by atomic mass is 32.2. The summed E-state index contributed by atoms with van der Waals surface area (Å²) in [6, 6.07) is 3.10. The Kier molecular flexibility index (Phi) is 4.31. The predicted octanol–water partition coefficient (Wildman–Crippen LogP) is 2.12. The van der Waals surface area contributed by atoms with Gasteiger partial charge in [-0.1, -0.05) is 6.07 Å². The van der Waals surface area contributed by atoms with E-state index in [0.717, 1.165) is 0 Å². The summed E-state index contributed by atoms with van der Waals surface area (Å²) >= 11 is 1.17. The van der Waals surface area contributed by atoms with Crippen LogP contribution < -0.4 is 5.90 Å². The van der Waals surface area contributed by atoms with Gasteiger partial charge in [0.25, 0.3) is 0 Å². The molecule has 5 heteroatoms. The normalized spacial score (nSPS) is 10.6. The third kappa shape index (κ3) is 2.43. The zero-order valence-electron chi connectivity index (χ0n) is 7.72. The minimum Gasteiger partial charge on any atom is -0.304 e. The molecule has 0 aromatic heterocycles. The summed E-state index contributed by atoms with van der Waals surface area (Å²) in [5.74, 6) is 3.19. The molecule has 1 aromatic rings. The summed E-state index contributed by atoms with van der Waals surface area (Å²) < 4.78 is 26.5. The Hall–Kier alpha value is -0.650. The van der Waals surface area contributed by atoms with Crippen LogP contribution in [0.25, 0.3) is 0 Å². The van der Waals surface area contributed by atoms with Gasteiger partial charge in [-0.2, -0.15) is 0 Å². The van der Waals surface area contributed by atoms with Gasteiger partial charge < -0.3 is 4.84 Å².